The fourth-order valence-corrected chi connectivity index (χ4v) is 3.30. The second kappa shape index (κ2) is 7.78. The van der Waals surface area contributed by atoms with Gasteiger partial charge < -0.3 is 10.2 Å². The number of pyridine rings is 1. The maximum atomic E-state index is 14.5. The van der Waals surface area contributed by atoms with Crippen LogP contribution in [0.4, 0.5) is 10.1 Å². The Balaban J connectivity index is 2.11. The third-order valence-electron chi connectivity index (χ3n) is 5.01. The fraction of sp³-hybridized carbons (Fsp3) is 0.261. The van der Waals surface area contributed by atoms with Crippen molar-refractivity contribution >= 4 is 22.3 Å². The van der Waals surface area contributed by atoms with Gasteiger partial charge in [0.05, 0.1) is 5.52 Å². The number of hydrogen-bond acceptors (Lipinski definition) is 3. The van der Waals surface area contributed by atoms with E-state index < -0.39 is 0 Å². The summed E-state index contributed by atoms with van der Waals surface area (Å²) >= 11 is 0. The Morgan fingerprint density at radius 2 is 1.89 bits per heavy atom. The smallest absolute Gasteiger partial charge is 0.128 e. The lowest BCUT2D eigenvalue weighted by Crippen LogP contribution is -2.10. The Bertz CT molecular complexity index is 992. The van der Waals surface area contributed by atoms with Gasteiger partial charge >= 0.3 is 0 Å². The number of fused-ring (bicyclic) bond motifs is 1. The molecule has 0 aliphatic rings. The molecule has 0 atom stereocenters. The van der Waals surface area contributed by atoms with Crippen molar-refractivity contribution in [3.63, 3.8) is 0 Å². The summed E-state index contributed by atoms with van der Waals surface area (Å²) in [5.41, 5.74) is 6.75. The highest BCUT2D eigenvalue weighted by Crippen LogP contribution is 2.29. The maximum Gasteiger partial charge on any atom is 0.128 e. The highest BCUT2D eigenvalue weighted by Gasteiger charge is 2.13. The van der Waals surface area contributed by atoms with Crippen molar-refractivity contribution in [1.29, 1.82) is 0 Å². The summed E-state index contributed by atoms with van der Waals surface area (Å²) in [5.74, 6) is -0.199. The Labute approximate surface area is 160 Å². The van der Waals surface area contributed by atoms with E-state index >= 15 is 0 Å². The van der Waals surface area contributed by atoms with Crippen molar-refractivity contribution in [1.82, 2.24) is 9.88 Å². The molecule has 0 aliphatic heterocycles. The molecular weight excluding hydrogens is 337 g/mol. The molecule has 3 aromatic rings. The van der Waals surface area contributed by atoms with Crippen LogP contribution in [-0.4, -0.2) is 31.0 Å². The van der Waals surface area contributed by atoms with Crippen molar-refractivity contribution in [2.75, 3.05) is 26.5 Å². The van der Waals surface area contributed by atoms with Gasteiger partial charge in [-0.3, -0.25) is 4.98 Å². The SMILES string of the molecule is C=C(c1cc2c(Cc3ccc(NC)cc3F)ccnc2cc1CC)N(C)C. The van der Waals surface area contributed by atoms with Gasteiger partial charge in [0.25, 0.3) is 0 Å². The molecule has 27 heavy (non-hydrogen) atoms. The average molecular weight is 363 g/mol. The zero-order chi connectivity index (χ0) is 19.6. The minimum Gasteiger partial charge on any atom is -0.388 e. The third-order valence-corrected chi connectivity index (χ3v) is 5.01. The van der Waals surface area contributed by atoms with E-state index in [4.69, 9.17) is 0 Å². The van der Waals surface area contributed by atoms with Gasteiger partial charge in [-0.05, 0) is 53.4 Å². The first kappa shape index (κ1) is 18.9. The summed E-state index contributed by atoms with van der Waals surface area (Å²) < 4.78 is 14.5. The fourth-order valence-electron chi connectivity index (χ4n) is 3.30. The van der Waals surface area contributed by atoms with E-state index in [2.05, 4.69) is 35.9 Å². The lowest BCUT2D eigenvalue weighted by Gasteiger charge is -2.20. The molecule has 4 heteroatoms. The van der Waals surface area contributed by atoms with Gasteiger partial charge in [0.1, 0.15) is 5.82 Å². The van der Waals surface area contributed by atoms with Crippen LogP contribution in [0.3, 0.4) is 0 Å². The van der Waals surface area contributed by atoms with E-state index in [0.29, 0.717) is 12.0 Å². The predicted octanol–water partition coefficient (Wildman–Crippen LogP) is 5.10. The van der Waals surface area contributed by atoms with Gasteiger partial charge in [-0.1, -0.05) is 19.6 Å². The molecular formula is C23H26FN3. The summed E-state index contributed by atoms with van der Waals surface area (Å²) in [6, 6.07) is 11.5. The second-order valence-corrected chi connectivity index (χ2v) is 6.92. The minimum absolute atomic E-state index is 0.199. The van der Waals surface area contributed by atoms with Crippen molar-refractivity contribution in [3.8, 4) is 0 Å². The van der Waals surface area contributed by atoms with E-state index in [0.717, 1.165) is 39.8 Å². The van der Waals surface area contributed by atoms with Crippen molar-refractivity contribution < 1.29 is 4.39 Å². The molecule has 3 rings (SSSR count). The second-order valence-electron chi connectivity index (χ2n) is 6.92. The van der Waals surface area contributed by atoms with Crippen LogP contribution in [0.5, 0.6) is 0 Å². The summed E-state index contributed by atoms with van der Waals surface area (Å²) in [6.45, 7) is 6.36. The Hall–Kier alpha value is -2.88. The first-order valence-electron chi connectivity index (χ1n) is 9.17. The van der Waals surface area contributed by atoms with E-state index in [1.54, 1.807) is 13.2 Å². The summed E-state index contributed by atoms with van der Waals surface area (Å²) in [4.78, 5) is 6.56. The molecule has 1 heterocycles. The molecule has 0 fully saturated rings. The van der Waals surface area contributed by atoms with Crippen LogP contribution >= 0.6 is 0 Å². The standard InChI is InChI=1S/C23H26FN3/c1-6-16-12-23-21(14-20(16)15(2)27(4)5)17(9-10-26-23)11-18-7-8-19(25-3)13-22(18)24/h7-10,12-14,25H,2,6,11H2,1,3-5H3. The number of aryl methyl sites for hydroxylation is 1. The van der Waals surface area contributed by atoms with Crippen molar-refractivity contribution in [2.45, 2.75) is 19.8 Å². The van der Waals surface area contributed by atoms with Crippen LogP contribution in [0.25, 0.3) is 16.6 Å². The lowest BCUT2D eigenvalue weighted by atomic mass is 9.95. The van der Waals surface area contributed by atoms with Gasteiger partial charge in [0.15, 0.2) is 0 Å². The van der Waals surface area contributed by atoms with E-state index in [9.17, 15) is 4.39 Å². The normalized spacial score (nSPS) is 10.9. The average Bonchev–Trinajstić information content (AvgIpc) is 2.67. The number of halogens is 1. The summed E-state index contributed by atoms with van der Waals surface area (Å²) in [5, 5.41) is 4.01. The number of benzene rings is 2. The minimum atomic E-state index is -0.199. The first-order chi connectivity index (χ1) is 12.9. The topological polar surface area (TPSA) is 28.2 Å². The highest BCUT2D eigenvalue weighted by atomic mass is 19.1. The van der Waals surface area contributed by atoms with Gasteiger partial charge in [-0.25, -0.2) is 4.39 Å². The zero-order valence-electron chi connectivity index (χ0n) is 16.4. The predicted molar refractivity (Wildman–Crippen MR) is 113 cm³/mol. The van der Waals surface area contributed by atoms with Crippen LogP contribution in [-0.2, 0) is 12.8 Å². The number of aromatic nitrogens is 1. The quantitative estimate of drug-likeness (QED) is 0.660. The monoisotopic (exact) mass is 363 g/mol. The molecule has 0 amide bonds. The molecule has 140 valence electrons. The molecule has 2 aromatic carbocycles. The van der Waals surface area contributed by atoms with Gasteiger partial charge in [0.2, 0.25) is 0 Å². The Kier molecular flexibility index (Phi) is 5.45. The molecule has 0 saturated carbocycles. The number of rotatable bonds is 6. The highest BCUT2D eigenvalue weighted by molar-refractivity contribution is 5.87. The first-order valence-corrected chi connectivity index (χ1v) is 9.17. The van der Waals surface area contributed by atoms with Crippen LogP contribution < -0.4 is 5.32 Å². The van der Waals surface area contributed by atoms with E-state index in [1.165, 1.54) is 11.6 Å². The van der Waals surface area contributed by atoms with Crippen molar-refractivity contribution in [2.24, 2.45) is 0 Å². The molecule has 0 bridgehead atoms. The van der Waals surface area contributed by atoms with Crippen LogP contribution in [0, 0.1) is 5.82 Å². The number of nitrogens with zero attached hydrogens (tertiary/aromatic N) is 2. The van der Waals surface area contributed by atoms with Gasteiger partial charge in [0, 0.05) is 56.1 Å². The largest absolute Gasteiger partial charge is 0.388 e. The van der Waals surface area contributed by atoms with Gasteiger partial charge in [-0.2, -0.15) is 0 Å². The van der Waals surface area contributed by atoms with Crippen molar-refractivity contribution in [3.05, 3.63) is 77.2 Å². The molecule has 0 saturated heterocycles. The molecule has 3 nitrogen and oxygen atoms in total. The Morgan fingerprint density at radius 3 is 2.52 bits per heavy atom. The van der Waals surface area contributed by atoms with Crippen LogP contribution in [0.15, 0.2) is 49.2 Å². The number of hydrogen-bond donors (Lipinski definition) is 1. The van der Waals surface area contributed by atoms with Crippen LogP contribution in [0.1, 0.15) is 29.2 Å². The van der Waals surface area contributed by atoms with Gasteiger partial charge in [-0.15, -0.1) is 0 Å². The van der Waals surface area contributed by atoms with E-state index in [-0.39, 0.29) is 5.82 Å². The number of anilines is 1. The summed E-state index contributed by atoms with van der Waals surface area (Å²) in [6.07, 6.45) is 3.23. The molecule has 1 N–H and O–H groups in total. The molecule has 0 spiro atoms. The van der Waals surface area contributed by atoms with E-state index in [1.807, 2.05) is 37.2 Å². The number of nitrogens with one attached hydrogen (secondary N) is 1. The summed E-state index contributed by atoms with van der Waals surface area (Å²) in [7, 11) is 5.78. The zero-order valence-corrected chi connectivity index (χ0v) is 16.4. The molecule has 1 aromatic heterocycles. The maximum absolute atomic E-state index is 14.5. The molecule has 0 unspecified atom stereocenters. The Morgan fingerprint density at radius 1 is 1.11 bits per heavy atom. The lowest BCUT2D eigenvalue weighted by molar-refractivity contribution is 0.593. The van der Waals surface area contributed by atoms with Crippen LogP contribution in [0.2, 0.25) is 0 Å². The molecule has 0 radical (unpaired) electrons. The third kappa shape index (κ3) is 3.80. The molecule has 0 aliphatic carbocycles.